The number of fused-ring (bicyclic) bond motifs is 1. The molecule has 0 unspecified atom stereocenters. The maximum Gasteiger partial charge on any atom is 0.125 e. The van der Waals surface area contributed by atoms with Gasteiger partial charge < -0.3 is 4.57 Å². The molecule has 3 rings (SSSR count). The molecule has 19 heavy (non-hydrogen) atoms. The fraction of sp³-hybridized carbons (Fsp3) is 0.267. The summed E-state index contributed by atoms with van der Waals surface area (Å²) in [5, 5.41) is 0. The molecule has 0 spiro atoms. The Kier molecular flexibility index (Phi) is 3.33. The molecule has 0 aliphatic rings. The van der Waals surface area contributed by atoms with Gasteiger partial charge in [0.15, 0.2) is 0 Å². The zero-order chi connectivity index (χ0) is 13.4. The zero-order valence-corrected chi connectivity index (χ0v) is 12.6. The standard InChI is InChI=1S/C15H15ClN2S/c1-10-3-6-13-14(7-10)18(15(8-16)17-13)9-12-5-4-11(2)19-12/h3-7H,8-9H2,1-2H3. The second-order valence-electron chi connectivity index (χ2n) is 4.75. The van der Waals surface area contributed by atoms with Gasteiger partial charge in [0.1, 0.15) is 5.82 Å². The quantitative estimate of drug-likeness (QED) is 0.649. The molecule has 0 amide bonds. The Balaban J connectivity index is 2.12. The third-order valence-electron chi connectivity index (χ3n) is 3.21. The maximum absolute atomic E-state index is 6.03. The van der Waals surface area contributed by atoms with E-state index in [2.05, 4.69) is 53.7 Å². The van der Waals surface area contributed by atoms with E-state index in [1.54, 1.807) is 0 Å². The minimum atomic E-state index is 0.443. The number of rotatable bonds is 3. The molecule has 0 saturated carbocycles. The molecular formula is C15H15ClN2S. The van der Waals surface area contributed by atoms with Crippen LogP contribution in [0, 0.1) is 13.8 Å². The summed E-state index contributed by atoms with van der Waals surface area (Å²) < 4.78 is 2.22. The lowest BCUT2D eigenvalue weighted by atomic mass is 10.2. The normalized spacial score (nSPS) is 11.3. The Bertz CT molecular complexity index is 727. The summed E-state index contributed by atoms with van der Waals surface area (Å²) in [7, 11) is 0. The molecule has 0 bridgehead atoms. The van der Waals surface area contributed by atoms with Crippen molar-refractivity contribution in [2.24, 2.45) is 0 Å². The molecule has 3 aromatic rings. The summed E-state index contributed by atoms with van der Waals surface area (Å²) in [6.45, 7) is 5.08. The van der Waals surface area contributed by atoms with E-state index in [1.807, 2.05) is 11.3 Å². The molecule has 2 aromatic heterocycles. The lowest BCUT2D eigenvalue weighted by Gasteiger charge is -2.06. The van der Waals surface area contributed by atoms with Crippen molar-refractivity contribution in [2.75, 3.05) is 0 Å². The van der Waals surface area contributed by atoms with Crippen LogP contribution in [-0.4, -0.2) is 9.55 Å². The van der Waals surface area contributed by atoms with E-state index in [9.17, 15) is 0 Å². The first-order valence-corrected chi connectivity index (χ1v) is 7.59. The Morgan fingerprint density at radius 1 is 1.21 bits per heavy atom. The van der Waals surface area contributed by atoms with Gasteiger partial charge in [-0.2, -0.15) is 0 Å². The van der Waals surface area contributed by atoms with E-state index in [0.29, 0.717) is 5.88 Å². The highest BCUT2D eigenvalue weighted by Crippen LogP contribution is 2.23. The zero-order valence-electron chi connectivity index (χ0n) is 11.0. The van der Waals surface area contributed by atoms with Gasteiger partial charge in [-0.3, -0.25) is 0 Å². The van der Waals surface area contributed by atoms with Crippen LogP contribution in [0.1, 0.15) is 21.1 Å². The molecule has 4 heteroatoms. The number of thiophene rings is 1. The number of aromatic nitrogens is 2. The summed E-state index contributed by atoms with van der Waals surface area (Å²) in [4.78, 5) is 7.28. The molecule has 0 aliphatic carbocycles. The van der Waals surface area contributed by atoms with Crippen LogP contribution in [0.2, 0.25) is 0 Å². The number of aryl methyl sites for hydroxylation is 2. The second-order valence-corrected chi connectivity index (χ2v) is 6.39. The number of hydrogen-bond donors (Lipinski definition) is 0. The minimum Gasteiger partial charge on any atom is -0.322 e. The lowest BCUT2D eigenvalue weighted by molar-refractivity contribution is 0.789. The Morgan fingerprint density at radius 3 is 2.74 bits per heavy atom. The average Bonchev–Trinajstić information content (AvgIpc) is 2.94. The maximum atomic E-state index is 6.03. The van der Waals surface area contributed by atoms with E-state index >= 15 is 0 Å². The van der Waals surface area contributed by atoms with Gasteiger partial charge in [-0.1, -0.05) is 6.07 Å². The number of benzene rings is 1. The van der Waals surface area contributed by atoms with Crippen LogP contribution in [0.4, 0.5) is 0 Å². The summed E-state index contributed by atoms with van der Waals surface area (Å²) in [6, 6.07) is 10.7. The van der Waals surface area contributed by atoms with Gasteiger partial charge in [0.05, 0.1) is 23.5 Å². The van der Waals surface area contributed by atoms with Crippen LogP contribution in [0.3, 0.4) is 0 Å². The highest BCUT2D eigenvalue weighted by Gasteiger charge is 2.11. The van der Waals surface area contributed by atoms with Crippen LogP contribution in [0.15, 0.2) is 30.3 Å². The Hall–Kier alpha value is -1.32. The molecule has 0 fully saturated rings. The van der Waals surface area contributed by atoms with Gasteiger partial charge in [0.25, 0.3) is 0 Å². The fourth-order valence-corrected chi connectivity index (χ4v) is 3.37. The van der Waals surface area contributed by atoms with Crippen molar-refractivity contribution in [3.63, 3.8) is 0 Å². The minimum absolute atomic E-state index is 0.443. The van der Waals surface area contributed by atoms with E-state index in [4.69, 9.17) is 11.6 Å². The van der Waals surface area contributed by atoms with Crippen molar-refractivity contribution >= 4 is 34.0 Å². The molecule has 2 nitrogen and oxygen atoms in total. The predicted molar refractivity (Wildman–Crippen MR) is 82.2 cm³/mol. The highest BCUT2D eigenvalue weighted by atomic mass is 35.5. The molecular weight excluding hydrogens is 276 g/mol. The van der Waals surface area contributed by atoms with Crippen molar-refractivity contribution in [2.45, 2.75) is 26.3 Å². The first-order chi connectivity index (χ1) is 9.17. The van der Waals surface area contributed by atoms with E-state index in [-0.39, 0.29) is 0 Å². The molecule has 98 valence electrons. The van der Waals surface area contributed by atoms with Crippen LogP contribution < -0.4 is 0 Å². The van der Waals surface area contributed by atoms with Crippen LogP contribution in [0.5, 0.6) is 0 Å². The molecule has 0 N–H and O–H groups in total. The summed E-state index contributed by atoms with van der Waals surface area (Å²) in [5.41, 5.74) is 3.44. The molecule has 0 aliphatic heterocycles. The third kappa shape index (κ3) is 2.40. The lowest BCUT2D eigenvalue weighted by Crippen LogP contribution is -2.02. The first-order valence-electron chi connectivity index (χ1n) is 6.24. The summed E-state index contributed by atoms with van der Waals surface area (Å²) in [6.07, 6.45) is 0. The number of halogens is 1. The largest absolute Gasteiger partial charge is 0.322 e. The highest BCUT2D eigenvalue weighted by molar-refractivity contribution is 7.11. The van der Waals surface area contributed by atoms with Gasteiger partial charge >= 0.3 is 0 Å². The Morgan fingerprint density at radius 2 is 2.05 bits per heavy atom. The van der Waals surface area contributed by atoms with Gasteiger partial charge in [-0.15, -0.1) is 22.9 Å². The smallest absolute Gasteiger partial charge is 0.125 e. The van der Waals surface area contributed by atoms with Gasteiger partial charge in [-0.25, -0.2) is 4.98 Å². The van der Waals surface area contributed by atoms with Crippen molar-refractivity contribution in [1.82, 2.24) is 9.55 Å². The van der Waals surface area contributed by atoms with E-state index < -0.39 is 0 Å². The monoisotopic (exact) mass is 290 g/mol. The summed E-state index contributed by atoms with van der Waals surface area (Å²) in [5.74, 6) is 1.38. The van der Waals surface area contributed by atoms with E-state index in [1.165, 1.54) is 20.8 Å². The molecule has 0 saturated heterocycles. The summed E-state index contributed by atoms with van der Waals surface area (Å²) >= 11 is 7.86. The molecule has 1 aromatic carbocycles. The second kappa shape index (κ2) is 4.99. The van der Waals surface area contributed by atoms with Gasteiger partial charge in [-0.05, 0) is 43.7 Å². The number of imidazole rings is 1. The molecule has 0 radical (unpaired) electrons. The third-order valence-corrected chi connectivity index (χ3v) is 4.44. The van der Waals surface area contributed by atoms with Crippen molar-refractivity contribution in [1.29, 1.82) is 0 Å². The van der Waals surface area contributed by atoms with Crippen LogP contribution >= 0.6 is 22.9 Å². The Labute approximate surface area is 121 Å². The number of alkyl halides is 1. The fourth-order valence-electron chi connectivity index (χ4n) is 2.29. The topological polar surface area (TPSA) is 17.8 Å². The van der Waals surface area contributed by atoms with Crippen molar-refractivity contribution < 1.29 is 0 Å². The van der Waals surface area contributed by atoms with E-state index in [0.717, 1.165) is 17.9 Å². The van der Waals surface area contributed by atoms with Crippen LogP contribution in [0.25, 0.3) is 11.0 Å². The molecule has 0 atom stereocenters. The first kappa shape index (κ1) is 12.7. The number of hydrogen-bond acceptors (Lipinski definition) is 2. The average molecular weight is 291 g/mol. The van der Waals surface area contributed by atoms with Gasteiger partial charge in [0.2, 0.25) is 0 Å². The van der Waals surface area contributed by atoms with Gasteiger partial charge in [0, 0.05) is 9.75 Å². The predicted octanol–water partition coefficient (Wildman–Crippen LogP) is 4.50. The molecule has 2 heterocycles. The number of nitrogens with zero attached hydrogens (tertiary/aromatic N) is 2. The van der Waals surface area contributed by atoms with Crippen molar-refractivity contribution in [3.05, 3.63) is 51.5 Å². The van der Waals surface area contributed by atoms with Crippen LogP contribution in [-0.2, 0) is 12.4 Å². The SMILES string of the molecule is Cc1ccc2nc(CCl)n(Cc3ccc(C)s3)c2c1. The van der Waals surface area contributed by atoms with Crippen molar-refractivity contribution in [3.8, 4) is 0 Å².